The quantitative estimate of drug-likeness (QED) is 0.233. The third-order valence-corrected chi connectivity index (χ3v) is 6.63. The summed E-state index contributed by atoms with van der Waals surface area (Å²) in [6.07, 6.45) is 0. The van der Waals surface area contributed by atoms with Crippen LogP contribution in [0, 0.1) is 13.8 Å². The number of amides is 1. The van der Waals surface area contributed by atoms with Crippen molar-refractivity contribution in [3.05, 3.63) is 87.4 Å². The number of nitrogens with zero attached hydrogens (tertiary/aromatic N) is 1. The highest BCUT2D eigenvalue weighted by Gasteiger charge is 2.47. The molecule has 37 heavy (non-hydrogen) atoms. The number of aryl methyl sites for hydroxylation is 2. The van der Waals surface area contributed by atoms with Crippen molar-refractivity contribution in [2.75, 3.05) is 25.7 Å². The number of benzene rings is 3. The average molecular weight is 522 g/mol. The van der Waals surface area contributed by atoms with Crippen LogP contribution in [-0.2, 0) is 9.59 Å². The van der Waals surface area contributed by atoms with E-state index in [-0.39, 0.29) is 16.2 Å². The van der Waals surface area contributed by atoms with Gasteiger partial charge in [-0.2, -0.15) is 0 Å². The van der Waals surface area contributed by atoms with E-state index >= 15 is 0 Å². The molecule has 3 aromatic carbocycles. The van der Waals surface area contributed by atoms with Crippen molar-refractivity contribution in [2.24, 2.45) is 0 Å². The van der Waals surface area contributed by atoms with Gasteiger partial charge in [-0.1, -0.05) is 29.8 Å². The number of carbonyl (C=O) groups excluding carboxylic acids is 2. The van der Waals surface area contributed by atoms with Crippen molar-refractivity contribution in [3.63, 3.8) is 0 Å². The van der Waals surface area contributed by atoms with Gasteiger partial charge >= 0.3 is 0 Å². The monoisotopic (exact) mass is 521 g/mol. The largest absolute Gasteiger partial charge is 0.507 e. The van der Waals surface area contributed by atoms with E-state index in [2.05, 4.69) is 0 Å². The maximum absolute atomic E-state index is 13.6. The minimum Gasteiger partial charge on any atom is -0.507 e. The molecule has 3 aromatic rings. The van der Waals surface area contributed by atoms with Crippen molar-refractivity contribution in [1.29, 1.82) is 0 Å². The molecular formula is C29H28ClNO6. The predicted molar refractivity (Wildman–Crippen MR) is 143 cm³/mol. The highest BCUT2D eigenvalue weighted by Crippen LogP contribution is 2.46. The number of anilines is 1. The molecule has 8 heteroatoms. The van der Waals surface area contributed by atoms with Gasteiger partial charge in [0.15, 0.2) is 11.5 Å². The van der Waals surface area contributed by atoms with Gasteiger partial charge < -0.3 is 19.3 Å². The molecule has 1 unspecified atom stereocenters. The van der Waals surface area contributed by atoms with Gasteiger partial charge in [0.05, 0.1) is 37.5 Å². The Bertz CT molecular complexity index is 1410. The van der Waals surface area contributed by atoms with Crippen LogP contribution in [0.2, 0.25) is 5.02 Å². The lowest BCUT2D eigenvalue weighted by atomic mass is 9.94. The molecule has 1 N–H and O–H groups in total. The number of ether oxygens (including phenoxy) is 3. The SMILES string of the molecule is CCOc1cc(C2/C(=C(\O)c3cc(OC)ccc3Cl)C(=O)C(=O)N2c2cc(C)ccc2C)ccc1OC. The number of carbonyl (C=O) groups is 2. The van der Waals surface area contributed by atoms with Crippen molar-refractivity contribution in [3.8, 4) is 17.2 Å². The van der Waals surface area contributed by atoms with Gasteiger partial charge in [-0.05, 0) is 73.9 Å². The second-order valence-electron chi connectivity index (χ2n) is 8.65. The van der Waals surface area contributed by atoms with Crippen molar-refractivity contribution in [2.45, 2.75) is 26.8 Å². The maximum atomic E-state index is 13.6. The molecule has 0 bridgehead atoms. The minimum absolute atomic E-state index is 0.0892. The smallest absolute Gasteiger partial charge is 0.300 e. The summed E-state index contributed by atoms with van der Waals surface area (Å²) in [7, 11) is 3.02. The van der Waals surface area contributed by atoms with E-state index < -0.39 is 23.5 Å². The number of aliphatic hydroxyl groups excluding tert-OH is 1. The van der Waals surface area contributed by atoms with E-state index in [4.69, 9.17) is 25.8 Å². The summed E-state index contributed by atoms with van der Waals surface area (Å²) in [6.45, 7) is 6.00. The Labute approximate surface area is 220 Å². The van der Waals surface area contributed by atoms with E-state index in [1.807, 2.05) is 39.0 Å². The minimum atomic E-state index is -0.951. The van der Waals surface area contributed by atoms with E-state index in [0.29, 0.717) is 35.1 Å². The molecule has 1 amide bonds. The van der Waals surface area contributed by atoms with Crippen molar-refractivity contribution in [1.82, 2.24) is 0 Å². The standard InChI is InChI=1S/C29H28ClNO6/c1-6-37-24-14-18(9-12-23(24)36-5)26-25(27(32)20-15-19(35-4)10-11-21(20)30)28(33)29(34)31(26)22-13-16(2)7-8-17(22)3/h7-15,26,32H,6H2,1-5H3/b27-25+. The summed E-state index contributed by atoms with van der Waals surface area (Å²) in [5.41, 5.74) is 2.94. The summed E-state index contributed by atoms with van der Waals surface area (Å²) in [5.74, 6) is -0.578. The molecule has 1 saturated heterocycles. The molecule has 0 aliphatic carbocycles. The second kappa shape index (κ2) is 10.6. The Kier molecular flexibility index (Phi) is 7.45. The van der Waals surface area contributed by atoms with Crippen LogP contribution in [0.3, 0.4) is 0 Å². The average Bonchev–Trinajstić information content (AvgIpc) is 3.15. The zero-order valence-corrected chi connectivity index (χ0v) is 22.1. The number of methoxy groups -OCH3 is 2. The molecule has 1 aliphatic rings. The van der Waals surface area contributed by atoms with Crippen LogP contribution in [-0.4, -0.2) is 37.6 Å². The Balaban J connectivity index is 2.03. The summed E-state index contributed by atoms with van der Waals surface area (Å²) in [4.78, 5) is 28.5. The molecule has 1 heterocycles. The molecule has 1 atom stereocenters. The molecule has 0 radical (unpaired) electrons. The van der Waals surface area contributed by atoms with Crippen LogP contribution in [0.5, 0.6) is 17.2 Å². The zero-order valence-electron chi connectivity index (χ0n) is 21.3. The third kappa shape index (κ3) is 4.74. The Morgan fingerprint density at radius 1 is 0.973 bits per heavy atom. The predicted octanol–water partition coefficient (Wildman–Crippen LogP) is 6.00. The first-order valence-electron chi connectivity index (χ1n) is 11.7. The molecule has 0 saturated carbocycles. The fraction of sp³-hybridized carbons (Fsp3) is 0.241. The Hall–Kier alpha value is -3.97. The van der Waals surface area contributed by atoms with Gasteiger partial charge in [0.2, 0.25) is 0 Å². The summed E-state index contributed by atoms with van der Waals surface area (Å²) >= 11 is 6.41. The van der Waals surface area contributed by atoms with Gasteiger partial charge in [0.1, 0.15) is 11.5 Å². The lowest BCUT2D eigenvalue weighted by molar-refractivity contribution is -0.132. The van der Waals surface area contributed by atoms with E-state index in [0.717, 1.165) is 11.1 Å². The van der Waals surface area contributed by atoms with E-state index in [1.54, 1.807) is 30.3 Å². The summed E-state index contributed by atoms with van der Waals surface area (Å²) in [5, 5.41) is 11.7. The molecule has 4 rings (SSSR count). The fourth-order valence-corrected chi connectivity index (χ4v) is 4.67. The number of hydrogen-bond acceptors (Lipinski definition) is 6. The number of aliphatic hydroxyl groups is 1. The van der Waals surface area contributed by atoms with Crippen LogP contribution >= 0.6 is 11.6 Å². The topological polar surface area (TPSA) is 85.3 Å². The molecule has 7 nitrogen and oxygen atoms in total. The van der Waals surface area contributed by atoms with E-state index in [1.165, 1.54) is 25.2 Å². The van der Waals surface area contributed by atoms with Crippen LogP contribution < -0.4 is 19.1 Å². The second-order valence-corrected chi connectivity index (χ2v) is 9.06. The van der Waals surface area contributed by atoms with Crippen LogP contribution in [0.4, 0.5) is 5.69 Å². The molecule has 192 valence electrons. The lowest BCUT2D eigenvalue weighted by Gasteiger charge is -2.27. The number of ketones is 1. The molecular weight excluding hydrogens is 494 g/mol. The normalized spacial score (nSPS) is 16.7. The Morgan fingerprint density at radius 2 is 1.73 bits per heavy atom. The zero-order chi connectivity index (χ0) is 26.9. The molecule has 1 fully saturated rings. The van der Waals surface area contributed by atoms with E-state index in [9.17, 15) is 14.7 Å². The summed E-state index contributed by atoms with van der Waals surface area (Å²) in [6, 6.07) is 14.6. The fourth-order valence-electron chi connectivity index (χ4n) is 4.46. The molecule has 0 aromatic heterocycles. The van der Waals surface area contributed by atoms with Gasteiger partial charge in [-0.25, -0.2) is 0 Å². The first-order valence-corrected chi connectivity index (χ1v) is 12.1. The summed E-state index contributed by atoms with van der Waals surface area (Å²) < 4.78 is 16.5. The highest BCUT2D eigenvalue weighted by atomic mass is 35.5. The molecule has 0 spiro atoms. The highest BCUT2D eigenvalue weighted by molar-refractivity contribution is 6.52. The van der Waals surface area contributed by atoms with Crippen LogP contribution in [0.1, 0.15) is 35.2 Å². The van der Waals surface area contributed by atoms with Crippen molar-refractivity contribution < 1.29 is 28.9 Å². The van der Waals surface area contributed by atoms with Crippen LogP contribution in [0.15, 0.2) is 60.2 Å². The maximum Gasteiger partial charge on any atom is 0.300 e. The molecule has 1 aliphatic heterocycles. The number of Topliss-reactive ketones (excluding diaryl/α,β-unsaturated/α-hetero) is 1. The van der Waals surface area contributed by atoms with Crippen LogP contribution in [0.25, 0.3) is 5.76 Å². The van der Waals surface area contributed by atoms with Crippen molar-refractivity contribution >= 4 is 34.7 Å². The lowest BCUT2D eigenvalue weighted by Crippen LogP contribution is -2.30. The number of rotatable bonds is 7. The first kappa shape index (κ1) is 26.1. The van der Waals surface area contributed by atoms with Gasteiger partial charge in [0, 0.05) is 11.3 Å². The van der Waals surface area contributed by atoms with Gasteiger partial charge in [-0.3, -0.25) is 14.5 Å². The Morgan fingerprint density at radius 3 is 2.41 bits per heavy atom. The number of halogens is 1. The first-order chi connectivity index (χ1) is 17.7. The number of hydrogen-bond donors (Lipinski definition) is 1. The van der Waals surface area contributed by atoms with Gasteiger partial charge in [0.25, 0.3) is 11.7 Å². The third-order valence-electron chi connectivity index (χ3n) is 6.30. The van der Waals surface area contributed by atoms with Gasteiger partial charge in [-0.15, -0.1) is 0 Å².